The Bertz CT molecular complexity index is 561. The molecule has 1 amide bonds. The number of carbonyl (C=O) groups excluding carboxylic acids is 1. The second-order valence-corrected chi connectivity index (χ2v) is 5.42. The van der Waals surface area contributed by atoms with Gasteiger partial charge in [-0.3, -0.25) is 14.9 Å². The van der Waals surface area contributed by atoms with Crippen molar-refractivity contribution in [2.75, 3.05) is 25.0 Å². The Hall–Kier alpha value is -2.15. The molecule has 0 radical (unpaired) electrons. The molecule has 1 fully saturated rings. The summed E-state index contributed by atoms with van der Waals surface area (Å²) in [6.07, 6.45) is 0.780. The van der Waals surface area contributed by atoms with Gasteiger partial charge in [0.25, 0.3) is 11.6 Å². The van der Waals surface area contributed by atoms with E-state index in [9.17, 15) is 14.9 Å². The van der Waals surface area contributed by atoms with E-state index in [1.807, 2.05) is 11.8 Å². The summed E-state index contributed by atoms with van der Waals surface area (Å²) in [7, 11) is 1.53. The number of nitro groups is 1. The molecule has 1 aromatic rings. The molecule has 1 saturated heterocycles. The molecule has 2 rings (SSSR count). The summed E-state index contributed by atoms with van der Waals surface area (Å²) in [4.78, 5) is 24.5. The summed E-state index contributed by atoms with van der Waals surface area (Å²) in [6, 6.07) is 4.56. The number of anilines is 1. The lowest BCUT2D eigenvalue weighted by Gasteiger charge is -2.36. The predicted molar refractivity (Wildman–Crippen MR) is 80.5 cm³/mol. The summed E-state index contributed by atoms with van der Waals surface area (Å²) in [5, 5.41) is 13.7. The summed E-state index contributed by atoms with van der Waals surface area (Å²) in [5.74, 6) is -0.00470. The lowest BCUT2D eigenvalue weighted by molar-refractivity contribution is -0.384. The Morgan fingerprint density at radius 1 is 1.52 bits per heavy atom. The van der Waals surface area contributed by atoms with Gasteiger partial charge in [-0.05, 0) is 24.5 Å². The number of nitrogens with zero attached hydrogens (tertiary/aromatic N) is 2. The number of nitrogens with two attached hydrogens (primary N) is 1. The Kier molecular flexibility index (Phi) is 4.42. The standard InChI is InChI=1S/C14H20N4O3/c1-9-8-17(6-5-11(9)15)13-7-10(14(19)16-2)3-4-12(13)18(20)21/h3-4,7,9,11H,5-6,8,15H2,1-2H3,(H,16,19). The fourth-order valence-corrected chi connectivity index (χ4v) is 2.60. The molecule has 7 heteroatoms. The van der Waals surface area contributed by atoms with Crippen molar-refractivity contribution in [3.05, 3.63) is 33.9 Å². The predicted octanol–water partition coefficient (Wildman–Crippen LogP) is 1.13. The molecule has 0 saturated carbocycles. The zero-order chi connectivity index (χ0) is 15.6. The van der Waals surface area contributed by atoms with E-state index in [1.54, 1.807) is 6.07 Å². The van der Waals surface area contributed by atoms with Gasteiger partial charge in [-0.25, -0.2) is 0 Å². The Morgan fingerprint density at radius 2 is 2.24 bits per heavy atom. The number of nitrogens with one attached hydrogen (secondary N) is 1. The SMILES string of the molecule is CNC(=O)c1ccc([N+](=O)[O-])c(N2CCC(N)C(C)C2)c1. The van der Waals surface area contributed by atoms with Gasteiger partial charge >= 0.3 is 0 Å². The van der Waals surface area contributed by atoms with Crippen molar-refractivity contribution in [2.45, 2.75) is 19.4 Å². The first-order valence-electron chi connectivity index (χ1n) is 6.95. The zero-order valence-electron chi connectivity index (χ0n) is 12.2. The number of hydrogen-bond donors (Lipinski definition) is 2. The average Bonchev–Trinajstić information content (AvgIpc) is 2.48. The van der Waals surface area contributed by atoms with Crippen LogP contribution in [0.4, 0.5) is 11.4 Å². The topological polar surface area (TPSA) is 101 Å². The summed E-state index contributed by atoms with van der Waals surface area (Å²) in [6.45, 7) is 3.34. The van der Waals surface area contributed by atoms with Crippen LogP contribution in [0.2, 0.25) is 0 Å². The number of nitro benzene ring substituents is 1. The summed E-state index contributed by atoms with van der Waals surface area (Å²) in [5.41, 5.74) is 6.91. The average molecular weight is 292 g/mol. The summed E-state index contributed by atoms with van der Waals surface area (Å²) < 4.78 is 0. The maximum atomic E-state index is 11.7. The lowest BCUT2D eigenvalue weighted by Crippen LogP contribution is -2.46. The molecular formula is C14H20N4O3. The van der Waals surface area contributed by atoms with E-state index < -0.39 is 4.92 Å². The normalized spacial score (nSPS) is 22.0. The van der Waals surface area contributed by atoms with Crippen LogP contribution in [0.25, 0.3) is 0 Å². The van der Waals surface area contributed by atoms with Crippen LogP contribution < -0.4 is 16.0 Å². The van der Waals surface area contributed by atoms with Crippen molar-refractivity contribution in [3.8, 4) is 0 Å². The van der Waals surface area contributed by atoms with E-state index in [2.05, 4.69) is 5.32 Å². The van der Waals surface area contributed by atoms with Crippen LogP contribution in [0.5, 0.6) is 0 Å². The van der Waals surface area contributed by atoms with Crippen molar-refractivity contribution >= 4 is 17.3 Å². The fourth-order valence-electron chi connectivity index (χ4n) is 2.60. The molecule has 0 aliphatic carbocycles. The maximum Gasteiger partial charge on any atom is 0.292 e. The molecule has 7 nitrogen and oxygen atoms in total. The zero-order valence-corrected chi connectivity index (χ0v) is 12.2. The minimum absolute atomic E-state index is 0.0188. The van der Waals surface area contributed by atoms with Crippen molar-refractivity contribution in [3.63, 3.8) is 0 Å². The van der Waals surface area contributed by atoms with Crippen LogP contribution in [0.3, 0.4) is 0 Å². The van der Waals surface area contributed by atoms with E-state index in [0.29, 0.717) is 24.3 Å². The first kappa shape index (κ1) is 15.2. The number of amides is 1. The molecular weight excluding hydrogens is 272 g/mol. The van der Waals surface area contributed by atoms with Crippen molar-refractivity contribution < 1.29 is 9.72 Å². The molecule has 2 atom stereocenters. The van der Waals surface area contributed by atoms with Crippen LogP contribution in [0.15, 0.2) is 18.2 Å². The first-order valence-corrected chi connectivity index (χ1v) is 6.95. The first-order chi connectivity index (χ1) is 9.93. The third-order valence-electron chi connectivity index (χ3n) is 3.97. The lowest BCUT2D eigenvalue weighted by atomic mass is 9.94. The molecule has 114 valence electrons. The van der Waals surface area contributed by atoms with E-state index >= 15 is 0 Å². The highest BCUT2D eigenvalue weighted by molar-refractivity contribution is 5.95. The summed E-state index contributed by atoms with van der Waals surface area (Å²) >= 11 is 0. The van der Waals surface area contributed by atoms with E-state index in [1.165, 1.54) is 19.2 Å². The highest BCUT2D eigenvalue weighted by Gasteiger charge is 2.28. The van der Waals surface area contributed by atoms with E-state index in [-0.39, 0.29) is 23.6 Å². The monoisotopic (exact) mass is 292 g/mol. The molecule has 1 aliphatic heterocycles. The number of benzene rings is 1. The maximum absolute atomic E-state index is 11.7. The largest absolute Gasteiger partial charge is 0.366 e. The second-order valence-electron chi connectivity index (χ2n) is 5.42. The Balaban J connectivity index is 2.39. The van der Waals surface area contributed by atoms with Gasteiger partial charge in [-0.2, -0.15) is 0 Å². The van der Waals surface area contributed by atoms with Crippen molar-refractivity contribution in [1.82, 2.24) is 5.32 Å². The molecule has 3 N–H and O–H groups in total. The van der Waals surface area contributed by atoms with E-state index in [0.717, 1.165) is 6.42 Å². The molecule has 0 aromatic heterocycles. The second kappa shape index (κ2) is 6.09. The molecule has 0 spiro atoms. The van der Waals surface area contributed by atoms with Gasteiger partial charge in [-0.15, -0.1) is 0 Å². The number of carbonyl (C=O) groups is 1. The van der Waals surface area contributed by atoms with Gasteiger partial charge in [-0.1, -0.05) is 6.92 Å². The van der Waals surface area contributed by atoms with Gasteiger partial charge in [0.05, 0.1) is 4.92 Å². The molecule has 1 aromatic carbocycles. The van der Waals surface area contributed by atoms with Crippen LogP contribution in [0.1, 0.15) is 23.7 Å². The van der Waals surface area contributed by atoms with Gasteiger partial charge in [0.1, 0.15) is 5.69 Å². The molecule has 2 unspecified atom stereocenters. The van der Waals surface area contributed by atoms with Crippen molar-refractivity contribution in [1.29, 1.82) is 0 Å². The van der Waals surface area contributed by atoms with Crippen LogP contribution >= 0.6 is 0 Å². The third kappa shape index (κ3) is 3.13. The van der Waals surface area contributed by atoms with Crippen molar-refractivity contribution in [2.24, 2.45) is 11.7 Å². The van der Waals surface area contributed by atoms with Crippen LogP contribution in [0, 0.1) is 16.0 Å². The third-order valence-corrected chi connectivity index (χ3v) is 3.97. The van der Waals surface area contributed by atoms with Crippen LogP contribution in [-0.2, 0) is 0 Å². The Morgan fingerprint density at radius 3 is 2.81 bits per heavy atom. The minimum atomic E-state index is -0.415. The van der Waals surface area contributed by atoms with Crippen LogP contribution in [-0.4, -0.2) is 37.0 Å². The molecule has 21 heavy (non-hydrogen) atoms. The van der Waals surface area contributed by atoms with Gasteiger partial charge < -0.3 is 16.0 Å². The highest BCUT2D eigenvalue weighted by Crippen LogP contribution is 2.32. The van der Waals surface area contributed by atoms with Gasteiger partial charge in [0.15, 0.2) is 0 Å². The van der Waals surface area contributed by atoms with E-state index in [4.69, 9.17) is 5.73 Å². The highest BCUT2D eigenvalue weighted by atomic mass is 16.6. The number of rotatable bonds is 3. The molecule has 1 aliphatic rings. The minimum Gasteiger partial charge on any atom is -0.366 e. The van der Waals surface area contributed by atoms with Gasteiger partial charge in [0, 0.05) is 37.8 Å². The van der Waals surface area contributed by atoms with Gasteiger partial charge in [0.2, 0.25) is 0 Å². The number of piperidine rings is 1. The molecule has 0 bridgehead atoms. The smallest absolute Gasteiger partial charge is 0.292 e. The molecule has 1 heterocycles. The fraction of sp³-hybridized carbons (Fsp3) is 0.500. The number of hydrogen-bond acceptors (Lipinski definition) is 5. The Labute approximate surface area is 123 Å². The quantitative estimate of drug-likeness (QED) is 0.642.